The summed E-state index contributed by atoms with van der Waals surface area (Å²) in [6.07, 6.45) is 0.378. The Morgan fingerprint density at radius 2 is 1.34 bits per heavy atom. The zero-order valence-corrected chi connectivity index (χ0v) is 18.9. The van der Waals surface area contributed by atoms with E-state index in [0.29, 0.717) is 5.75 Å². The second-order valence-electron chi connectivity index (χ2n) is 7.34. The summed E-state index contributed by atoms with van der Waals surface area (Å²) in [5, 5.41) is 24.6. The number of carbonyl (C=O) groups is 6. The predicted molar refractivity (Wildman–Crippen MR) is 115 cm³/mol. The van der Waals surface area contributed by atoms with E-state index >= 15 is 0 Å². The second-order valence-corrected chi connectivity index (χ2v) is 8.33. The van der Waals surface area contributed by atoms with E-state index in [-0.39, 0.29) is 12.3 Å². The molecular weight excluding hydrogens is 446 g/mol. The van der Waals surface area contributed by atoms with Crippen LogP contribution in [0.4, 0.5) is 0 Å². The maximum absolute atomic E-state index is 12.8. The van der Waals surface area contributed by atoms with E-state index in [9.17, 15) is 28.8 Å². The first-order chi connectivity index (χ1) is 14.8. The highest BCUT2D eigenvalue weighted by atomic mass is 32.2. The van der Waals surface area contributed by atoms with Crippen LogP contribution in [0.15, 0.2) is 0 Å². The molecular formula is C18H31N5O8S. The average Bonchev–Trinajstić information content (AvgIpc) is 2.68. The molecule has 0 spiro atoms. The van der Waals surface area contributed by atoms with Crippen molar-refractivity contribution in [2.24, 2.45) is 17.4 Å². The van der Waals surface area contributed by atoms with Crippen LogP contribution in [0.1, 0.15) is 33.1 Å². The maximum Gasteiger partial charge on any atom is 0.326 e. The molecule has 0 aliphatic heterocycles. The van der Waals surface area contributed by atoms with E-state index in [1.165, 1.54) is 11.8 Å². The lowest BCUT2D eigenvalue weighted by Crippen LogP contribution is -2.58. The molecule has 182 valence electrons. The van der Waals surface area contributed by atoms with Crippen molar-refractivity contribution in [1.29, 1.82) is 0 Å². The van der Waals surface area contributed by atoms with Crippen LogP contribution in [-0.2, 0) is 28.8 Å². The Morgan fingerprint density at radius 3 is 1.78 bits per heavy atom. The van der Waals surface area contributed by atoms with E-state index < -0.39 is 72.6 Å². The van der Waals surface area contributed by atoms with Crippen molar-refractivity contribution < 1.29 is 39.0 Å². The van der Waals surface area contributed by atoms with Gasteiger partial charge in [-0.15, -0.1) is 0 Å². The number of carbonyl (C=O) groups excluding carboxylic acids is 4. The zero-order valence-electron chi connectivity index (χ0n) is 18.1. The minimum absolute atomic E-state index is 0.186. The van der Waals surface area contributed by atoms with E-state index in [4.69, 9.17) is 21.7 Å². The number of hydrogen-bond acceptors (Lipinski definition) is 8. The zero-order chi connectivity index (χ0) is 25.0. The van der Waals surface area contributed by atoms with Crippen molar-refractivity contribution in [2.75, 3.05) is 12.0 Å². The maximum atomic E-state index is 12.8. The third kappa shape index (κ3) is 10.9. The fourth-order valence-electron chi connectivity index (χ4n) is 2.40. The number of carboxylic acid groups (broad SMARTS) is 2. The normalized spacial score (nSPS) is 14.5. The van der Waals surface area contributed by atoms with E-state index in [0.717, 1.165) is 0 Å². The Morgan fingerprint density at radius 1 is 0.844 bits per heavy atom. The SMILES string of the molecule is CSCCC(NC(=O)C(N)C(C)C)C(=O)NC(CC(N)=O)C(=O)NC(CC(=O)O)C(=O)O. The largest absolute Gasteiger partial charge is 0.481 e. The molecule has 0 saturated heterocycles. The van der Waals surface area contributed by atoms with Gasteiger partial charge in [0, 0.05) is 0 Å². The molecule has 0 saturated carbocycles. The van der Waals surface area contributed by atoms with Crippen molar-refractivity contribution in [3.05, 3.63) is 0 Å². The number of amides is 4. The lowest BCUT2D eigenvalue weighted by atomic mass is 10.0. The van der Waals surface area contributed by atoms with Gasteiger partial charge in [-0.1, -0.05) is 13.8 Å². The first-order valence-corrected chi connectivity index (χ1v) is 11.1. The smallest absolute Gasteiger partial charge is 0.326 e. The number of carboxylic acids is 2. The summed E-state index contributed by atoms with van der Waals surface area (Å²) >= 11 is 1.41. The Kier molecular flexibility index (Phi) is 13.0. The molecule has 9 N–H and O–H groups in total. The van der Waals surface area contributed by atoms with Crippen molar-refractivity contribution in [3.8, 4) is 0 Å². The van der Waals surface area contributed by atoms with Crippen LogP contribution in [0.3, 0.4) is 0 Å². The molecule has 0 aliphatic rings. The minimum atomic E-state index is -1.79. The molecule has 0 bridgehead atoms. The molecule has 32 heavy (non-hydrogen) atoms. The second kappa shape index (κ2) is 14.2. The summed E-state index contributed by atoms with van der Waals surface area (Å²) in [6.45, 7) is 3.45. The molecule has 0 aromatic heterocycles. The van der Waals surface area contributed by atoms with Crippen LogP contribution in [0.25, 0.3) is 0 Å². The van der Waals surface area contributed by atoms with Crippen molar-refractivity contribution in [1.82, 2.24) is 16.0 Å². The monoisotopic (exact) mass is 477 g/mol. The fourth-order valence-corrected chi connectivity index (χ4v) is 2.88. The Balaban J connectivity index is 5.51. The Bertz CT molecular complexity index is 717. The van der Waals surface area contributed by atoms with Crippen LogP contribution < -0.4 is 27.4 Å². The topological polar surface area (TPSA) is 231 Å². The van der Waals surface area contributed by atoms with Gasteiger partial charge in [0.2, 0.25) is 23.6 Å². The molecule has 4 atom stereocenters. The summed E-state index contributed by atoms with van der Waals surface area (Å²) in [7, 11) is 0. The van der Waals surface area contributed by atoms with Gasteiger partial charge in [-0.3, -0.25) is 24.0 Å². The molecule has 0 radical (unpaired) electrons. The fraction of sp³-hybridized carbons (Fsp3) is 0.667. The van der Waals surface area contributed by atoms with Crippen LogP contribution in [0.5, 0.6) is 0 Å². The summed E-state index contributed by atoms with van der Waals surface area (Å²) in [5.41, 5.74) is 10.9. The van der Waals surface area contributed by atoms with Gasteiger partial charge < -0.3 is 37.6 Å². The van der Waals surface area contributed by atoms with Gasteiger partial charge in [0.1, 0.15) is 18.1 Å². The molecule has 14 heteroatoms. The highest BCUT2D eigenvalue weighted by Gasteiger charge is 2.32. The van der Waals surface area contributed by atoms with Gasteiger partial charge in [0.05, 0.1) is 18.9 Å². The molecule has 0 aliphatic carbocycles. The summed E-state index contributed by atoms with van der Waals surface area (Å²) in [5.74, 6) is -6.29. The van der Waals surface area contributed by atoms with E-state index in [1.807, 2.05) is 5.32 Å². The van der Waals surface area contributed by atoms with Gasteiger partial charge >= 0.3 is 11.9 Å². The van der Waals surface area contributed by atoms with Gasteiger partial charge in [0.15, 0.2) is 0 Å². The van der Waals surface area contributed by atoms with E-state index in [2.05, 4.69) is 10.6 Å². The molecule has 4 unspecified atom stereocenters. The first-order valence-electron chi connectivity index (χ1n) is 9.68. The summed E-state index contributed by atoms with van der Waals surface area (Å²) in [4.78, 5) is 70.9. The Hall–Kier alpha value is -2.87. The van der Waals surface area contributed by atoms with Crippen molar-refractivity contribution >= 4 is 47.3 Å². The average molecular weight is 478 g/mol. The molecule has 13 nitrogen and oxygen atoms in total. The number of nitrogens with two attached hydrogens (primary N) is 2. The third-order valence-electron chi connectivity index (χ3n) is 4.30. The molecule has 0 heterocycles. The number of thioether (sulfide) groups is 1. The van der Waals surface area contributed by atoms with Crippen LogP contribution >= 0.6 is 11.8 Å². The lowest BCUT2D eigenvalue weighted by Gasteiger charge is -2.25. The number of aliphatic carboxylic acids is 2. The predicted octanol–water partition coefficient (Wildman–Crippen LogP) is -2.39. The van der Waals surface area contributed by atoms with Crippen molar-refractivity contribution in [3.63, 3.8) is 0 Å². The first kappa shape index (κ1) is 29.1. The van der Waals surface area contributed by atoms with Crippen LogP contribution in [-0.4, -0.2) is 82.0 Å². The number of primary amides is 1. The highest BCUT2D eigenvalue weighted by molar-refractivity contribution is 7.98. The van der Waals surface area contributed by atoms with E-state index in [1.54, 1.807) is 20.1 Å². The molecule has 0 fully saturated rings. The minimum Gasteiger partial charge on any atom is -0.481 e. The summed E-state index contributed by atoms with van der Waals surface area (Å²) in [6, 6.07) is -5.33. The standard InChI is InChI=1S/C18H31N5O8S/c1-8(2)14(20)17(29)21-9(4-5-32-3)15(27)22-10(6-12(19)24)16(28)23-11(18(30)31)7-13(25)26/h8-11,14H,4-7,20H2,1-3H3,(H2,19,24)(H,21,29)(H,22,27)(H,23,28)(H,25,26)(H,30,31). The number of hydrogen-bond donors (Lipinski definition) is 7. The third-order valence-corrected chi connectivity index (χ3v) is 4.94. The molecule has 0 aromatic carbocycles. The van der Waals surface area contributed by atoms with Gasteiger partial charge in [-0.05, 0) is 24.3 Å². The summed E-state index contributed by atoms with van der Waals surface area (Å²) < 4.78 is 0. The van der Waals surface area contributed by atoms with Gasteiger partial charge in [-0.2, -0.15) is 11.8 Å². The highest BCUT2D eigenvalue weighted by Crippen LogP contribution is 2.06. The quantitative estimate of drug-likeness (QED) is 0.132. The van der Waals surface area contributed by atoms with Crippen LogP contribution in [0.2, 0.25) is 0 Å². The lowest BCUT2D eigenvalue weighted by molar-refractivity contribution is -0.147. The molecule has 0 aromatic rings. The van der Waals surface area contributed by atoms with Crippen LogP contribution in [0, 0.1) is 5.92 Å². The van der Waals surface area contributed by atoms with Crippen molar-refractivity contribution in [2.45, 2.75) is 57.3 Å². The van der Waals surface area contributed by atoms with Gasteiger partial charge in [0.25, 0.3) is 0 Å². The van der Waals surface area contributed by atoms with Gasteiger partial charge in [-0.25, -0.2) is 4.79 Å². The number of rotatable bonds is 15. The molecule has 4 amide bonds. The molecule has 0 rings (SSSR count). The number of nitrogens with one attached hydrogen (secondary N) is 3. The Labute approximate surface area is 189 Å².